The lowest BCUT2D eigenvalue weighted by molar-refractivity contribution is 0.257. The van der Waals surface area contributed by atoms with E-state index < -0.39 is 0 Å². The van der Waals surface area contributed by atoms with Gasteiger partial charge >= 0.3 is 6.03 Å². The second kappa shape index (κ2) is 8.67. The van der Waals surface area contributed by atoms with E-state index >= 15 is 0 Å². The highest BCUT2D eigenvalue weighted by Gasteiger charge is 2.19. The number of rotatable bonds is 5. The maximum Gasteiger partial charge on any atom is 0.328 e. The van der Waals surface area contributed by atoms with Crippen molar-refractivity contribution in [2.75, 3.05) is 16.8 Å². The zero-order valence-electron chi connectivity index (χ0n) is 15.6. The molecule has 27 heavy (non-hydrogen) atoms. The van der Waals surface area contributed by atoms with Crippen molar-refractivity contribution in [2.45, 2.75) is 27.2 Å². The molecule has 2 aromatic carbocycles. The minimum Gasteiger partial charge on any atom is -0.307 e. The number of carbonyl (C=O) groups excluding carboxylic acids is 1. The normalized spacial score (nSPS) is 10.7. The van der Waals surface area contributed by atoms with E-state index in [9.17, 15) is 4.79 Å². The minimum atomic E-state index is -0.157. The van der Waals surface area contributed by atoms with E-state index in [1.807, 2.05) is 54.8 Å². The molecule has 1 heterocycles. The van der Waals surface area contributed by atoms with Crippen molar-refractivity contribution >= 4 is 44.1 Å². The molecule has 6 heteroatoms. The first-order valence-electron chi connectivity index (χ1n) is 8.85. The molecule has 0 saturated heterocycles. The van der Waals surface area contributed by atoms with Crippen LogP contribution >= 0.6 is 27.3 Å². The van der Waals surface area contributed by atoms with Crippen molar-refractivity contribution in [3.05, 3.63) is 63.4 Å². The van der Waals surface area contributed by atoms with Gasteiger partial charge in [0.1, 0.15) is 0 Å². The molecule has 3 rings (SSSR count). The molecule has 0 fully saturated rings. The predicted octanol–water partition coefficient (Wildman–Crippen LogP) is 6.64. The van der Waals surface area contributed by atoms with Gasteiger partial charge in [0, 0.05) is 27.6 Å². The second-order valence-corrected chi connectivity index (χ2v) is 8.16. The summed E-state index contributed by atoms with van der Waals surface area (Å²) in [5.74, 6) is 0. The Hall–Kier alpha value is -2.18. The average Bonchev–Trinajstić information content (AvgIpc) is 3.12. The topological polar surface area (TPSA) is 45.2 Å². The van der Waals surface area contributed by atoms with Gasteiger partial charge in [-0.2, -0.15) is 0 Å². The predicted molar refractivity (Wildman–Crippen MR) is 118 cm³/mol. The van der Waals surface area contributed by atoms with Gasteiger partial charge in [0.15, 0.2) is 5.13 Å². The minimum absolute atomic E-state index is 0.157. The first-order valence-corrected chi connectivity index (χ1v) is 10.5. The number of aromatic nitrogens is 1. The molecule has 0 unspecified atom stereocenters. The third-order valence-electron chi connectivity index (χ3n) is 4.29. The van der Waals surface area contributed by atoms with Crippen LogP contribution in [0.1, 0.15) is 24.5 Å². The SMILES string of the molecule is CCCN(C(=O)Nc1ccc(C)c(C)c1)c1nc(-c2cccc(Br)c2)cs1. The molecule has 0 aliphatic heterocycles. The Morgan fingerprint density at radius 3 is 2.70 bits per heavy atom. The summed E-state index contributed by atoms with van der Waals surface area (Å²) < 4.78 is 1.01. The van der Waals surface area contributed by atoms with Crippen molar-refractivity contribution in [2.24, 2.45) is 0 Å². The number of halogens is 1. The Morgan fingerprint density at radius 2 is 2.00 bits per heavy atom. The van der Waals surface area contributed by atoms with Crippen LogP contribution in [-0.2, 0) is 0 Å². The molecule has 0 aliphatic rings. The zero-order chi connectivity index (χ0) is 19.4. The Morgan fingerprint density at radius 1 is 1.19 bits per heavy atom. The number of hydrogen-bond acceptors (Lipinski definition) is 3. The molecule has 0 aliphatic carbocycles. The second-order valence-electron chi connectivity index (χ2n) is 6.41. The summed E-state index contributed by atoms with van der Waals surface area (Å²) in [6.45, 7) is 6.77. The van der Waals surface area contributed by atoms with E-state index in [1.165, 1.54) is 16.9 Å². The Labute approximate surface area is 172 Å². The molecule has 0 radical (unpaired) electrons. The maximum atomic E-state index is 12.9. The lowest BCUT2D eigenvalue weighted by atomic mass is 10.1. The van der Waals surface area contributed by atoms with E-state index in [0.29, 0.717) is 11.7 Å². The number of amides is 2. The quantitative estimate of drug-likeness (QED) is 0.480. The van der Waals surface area contributed by atoms with Crippen molar-refractivity contribution in [3.63, 3.8) is 0 Å². The number of aryl methyl sites for hydroxylation is 2. The summed E-state index contributed by atoms with van der Waals surface area (Å²) in [7, 11) is 0. The fourth-order valence-electron chi connectivity index (χ4n) is 2.69. The van der Waals surface area contributed by atoms with Gasteiger partial charge in [-0.15, -0.1) is 11.3 Å². The van der Waals surface area contributed by atoms with Gasteiger partial charge in [-0.3, -0.25) is 4.90 Å². The van der Waals surface area contributed by atoms with Crippen LogP contribution in [0.2, 0.25) is 0 Å². The summed E-state index contributed by atoms with van der Waals surface area (Å²) in [4.78, 5) is 19.3. The summed E-state index contributed by atoms with van der Waals surface area (Å²) in [6, 6.07) is 13.8. The van der Waals surface area contributed by atoms with Crippen LogP contribution in [0.3, 0.4) is 0 Å². The summed E-state index contributed by atoms with van der Waals surface area (Å²) in [5, 5.41) is 5.69. The lowest BCUT2D eigenvalue weighted by Crippen LogP contribution is -2.35. The van der Waals surface area contributed by atoms with E-state index in [0.717, 1.165) is 33.4 Å². The van der Waals surface area contributed by atoms with E-state index in [1.54, 1.807) is 4.90 Å². The number of thiazole rings is 1. The smallest absolute Gasteiger partial charge is 0.307 e. The Kier molecular flexibility index (Phi) is 6.29. The zero-order valence-corrected chi connectivity index (χ0v) is 18.0. The van der Waals surface area contributed by atoms with Crippen LogP contribution in [0.4, 0.5) is 15.6 Å². The molecular formula is C21H22BrN3OS. The molecule has 0 bridgehead atoms. The third-order valence-corrected chi connectivity index (χ3v) is 5.65. The van der Waals surface area contributed by atoms with E-state index in [2.05, 4.69) is 35.1 Å². The molecule has 0 saturated carbocycles. The van der Waals surface area contributed by atoms with Gasteiger partial charge in [0.2, 0.25) is 0 Å². The number of benzene rings is 2. The first kappa shape index (κ1) is 19.6. The van der Waals surface area contributed by atoms with Crippen molar-refractivity contribution in [1.29, 1.82) is 0 Å². The Bertz CT molecular complexity index is 954. The van der Waals surface area contributed by atoms with Crippen LogP contribution in [0.25, 0.3) is 11.3 Å². The lowest BCUT2D eigenvalue weighted by Gasteiger charge is -2.20. The molecule has 140 valence electrons. The van der Waals surface area contributed by atoms with E-state index in [-0.39, 0.29) is 6.03 Å². The number of nitrogens with zero attached hydrogens (tertiary/aromatic N) is 2. The molecule has 3 aromatic rings. The van der Waals surface area contributed by atoms with Gasteiger partial charge in [-0.25, -0.2) is 9.78 Å². The van der Waals surface area contributed by atoms with Gasteiger partial charge in [-0.1, -0.05) is 41.1 Å². The summed E-state index contributed by atoms with van der Waals surface area (Å²) in [6.07, 6.45) is 0.853. The van der Waals surface area contributed by atoms with E-state index in [4.69, 9.17) is 4.98 Å². The highest BCUT2D eigenvalue weighted by Crippen LogP contribution is 2.29. The number of carbonyl (C=O) groups is 1. The maximum absolute atomic E-state index is 12.9. The number of urea groups is 1. The number of anilines is 2. The van der Waals surface area contributed by atoms with Crippen molar-refractivity contribution in [1.82, 2.24) is 4.98 Å². The molecule has 2 amide bonds. The van der Waals surface area contributed by atoms with Gasteiger partial charge in [0.05, 0.1) is 5.69 Å². The van der Waals surface area contributed by atoms with Crippen LogP contribution < -0.4 is 10.2 Å². The molecular weight excluding hydrogens is 422 g/mol. The third kappa shape index (κ3) is 4.76. The fourth-order valence-corrected chi connectivity index (χ4v) is 3.94. The van der Waals surface area contributed by atoms with Crippen LogP contribution in [0.5, 0.6) is 0 Å². The summed E-state index contributed by atoms with van der Waals surface area (Å²) in [5.41, 5.74) is 5.06. The summed E-state index contributed by atoms with van der Waals surface area (Å²) >= 11 is 4.97. The van der Waals surface area contributed by atoms with Gasteiger partial charge in [-0.05, 0) is 55.7 Å². The largest absolute Gasteiger partial charge is 0.328 e. The monoisotopic (exact) mass is 443 g/mol. The number of nitrogens with one attached hydrogen (secondary N) is 1. The van der Waals surface area contributed by atoms with Crippen molar-refractivity contribution < 1.29 is 4.79 Å². The van der Waals surface area contributed by atoms with Crippen LogP contribution in [0, 0.1) is 13.8 Å². The van der Waals surface area contributed by atoms with Gasteiger partial charge in [0.25, 0.3) is 0 Å². The highest BCUT2D eigenvalue weighted by atomic mass is 79.9. The average molecular weight is 444 g/mol. The first-order chi connectivity index (χ1) is 13.0. The standard InChI is InChI=1S/C21H22BrN3OS/c1-4-10-25(20(26)23-18-9-8-14(2)15(3)11-18)21-24-19(13-27-21)16-6-5-7-17(22)12-16/h5-9,11-13H,4,10H2,1-3H3,(H,23,26). The highest BCUT2D eigenvalue weighted by molar-refractivity contribution is 9.10. The molecule has 1 N–H and O–H groups in total. The number of hydrogen-bond donors (Lipinski definition) is 1. The van der Waals surface area contributed by atoms with Crippen LogP contribution in [0.15, 0.2) is 52.3 Å². The van der Waals surface area contributed by atoms with Crippen LogP contribution in [-0.4, -0.2) is 17.6 Å². The molecule has 0 spiro atoms. The van der Waals surface area contributed by atoms with Gasteiger partial charge < -0.3 is 5.32 Å². The molecule has 1 aromatic heterocycles. The molecule has 4 nitrogen and oxygen atoms in total. The molecule has 0 atom stereocenters. The Balaban J connectivity index is 1.82. The van der Waals surface area contributed by atoms with Crippen molar-refractivity contribution in [3.8, 4) is 11.3 Å². The fraction of sp³-hybridized carbons (Fsp3) is 0.238.